The summed E-state index contributed by atoms with van der Waals surface area (Å²) in [5, 5.41) is 23.8. The number of aliphatic carboxylic acids is 1. The minimum absolute atomic E-state index is 0.0363. The van der Waals surface area contributed by atoms with Gasteiger partial charge in [-0.2, -0.15) is 28.1 Å². The Hall–Kier alpha value is -5.27. The predicted octanol–water partition coefficient (Wildman–Crippen LogP) is 3.23. The Morgan fingerprint density at radius 2 is 1.57 bits per heavy atom. The lowest BCUT2D eigenvalue weighted by molar-refractivity contribution is -0.154. The second-order valence-corrected chi connectivity index (χ2v) is 14.5. The van der Waals surface area contributed by atoms with Crippen LogP contribution >= 0.6 is 11.6 Å². The highest BCUT2D eigenvalue weighted by atomic mass is 35.5. The number of carbonyl (C=O) groups excluding carboxylic acids is 3. The Bertz CT molecular complexity index is 1890. The number of hydrogen-bond acceptors (Lipinski definition) is 12. The van der Waals surface area contributed by atoms with Gasteiger partial charge in [-0.3, -0.25) is 19.3 Å². The normalized spacial score (nSPS) is 17.5. The summed E-state index contributed by atoms with van der Waals surface area (Å²) < 4.78 is 49.1. The summed E-state index contributed by atoms with van der Waals surface area (Å²) >= 11 is 6.03. The molecule has 3 amide bonds. The van der Waals surface area contributed by atoms with E-state index in [1.807, 2.05) is 12.1 Å². The molecule has 3 aliphatic rings. The van der Waals surface area contributed by atoms with Gasteiger partial charge in [0.2, 0.25) is 11.9 Å². The standard InChI is InChI=1S/C36H41ClF3N9O7/c37-24-5-3-23(4-6-24)35(12-13-35)48-32-45-31(46-33(47-32)56-21-36(38,39)40)43-25-7-1-22(2-8-25)27(50)44-26(30(53)54)9-14-41-28(51)29(52)42-19-34(10-11-34)20-49-15-17-55-18-16-49/h1-8,26H,9-21H2,(H,41,51)(H,42,52)(H,44,50)(H,53,54)(H2,43,45,46,47,48)/t26-/m0/s1. The highest BCUT2D eigenvalue weighted by molar-refractivity contribution is 6.35. The Labute approximate surface area is 324 Å². The fourth-order valence-corrected chi connectivity index (χ4v) is 6.29. The van der Waals surface area contributed by atoms with Crippen molar-refractivity contribution in [3.05, 3.63) is 64.7 Å². The Balaban J connectivity index is 1.01. The van der Waals surface area contributed by atoms with Crippen LogP contribution in [0.2, 0.25) is 5.02 Å². The van der Waals surface area contributed by atoms with E-state index in [0.29, 0.717) is 43.3 Å². The van der Waals surface area contributed by atoms with Crippen molar-refractivity contribution in [3.8, 4) is 6.01 Å². The van der Waals surface area contributed by atoms with Gasteiger partial charge in [-0.15, -0.1) is 0 Å². The number of nitrogens with zero attached hydrogens (tertiary/aromatic N) is 4. The highest BCUT2D eigenvalue weighted by Gasteiger charge is 2.46. The number of carboxylic acid groups (broad SMARTS) is 1. The molecule has 2 heterocycles. The molecule has 2 aromatic carbocycles. The molecular formula is C36H41ClF3N9O7. The van der Waals surface area contributed by atoms with Crippen molar-refractivity contribution in [2.45, 2.75) is 49.9 Å². The topological polar surface area (TPSA) is 209 Å². The molecule has 16 nitrogen and oxygen atoms in total. The zero-order chi connectivity index (χ0) is 39.9. The number of nitrogens with one attached hydrogen (secondary N) is 5. The van der Waals surface area contributed by atoms with Crippen LogP contribution in [0.3, 0.4) is 0 Å². The summed E-state index contributed by atoms with van der Waals surface area (Å²) in [6.45, 7) is 2.33. The molecule has 1 atom stereocenters. The third-order valence-electron chi connectivity index (χ3n) is 9.65. The predicted molar refractivity (Wildman–Crippen MR) is 196 cm³/mol. The summed E-state index contributed by atoms with van der Waals surface area (Å²) in [6, 6.07) is 10.8. The van der Waals surface area contributed by atoms with E-state index in [0.717, 1.165) is 38.0 Å². The van der Waals surface area contributed by atoms with E-state index in [2.05, 4.69) is 46.4 Å². The molecule has 1 aliphatic heterocycles. The average molecular weight is 804 g/mol. The molecule has 3 fully saturated rings. The Kier molecular flexibility index (Phi) is 12.4. The molecule has 0 radical (unpaired) electrons. The molecule has 300 valence electrons. The monoisotopic (exact) mass is 803 g/mol. The fraction of sp³-hybridized carbons (Fsp3) is 0.472. The SMILES string of the molecule is O=C(NCC[C@H](NC(=O)c1ccc(Nc2nc(NC3(c4ccc(Cl)cc4)CC3)nc(OCC(F)(F)F)n2)cc1)C(=O)O)C(=O)NCC1(CN2CCOCC2)CC1. The summed E-state index contributed by atoms with van der Waals surface area (Å²) in [7, 11) is 0. The highest BCUT2D eigenvalue weighted by Crippen LogP contribution is 2.48. The van der Waals surface area contributed by atoms with Crippen LogP contribution in [0.25, 0.3) is 0 Å². The van der Waals surface area contributed by atoms with E-state index in [1.165, 1.54) is 24.3 Å². The molecule has 56 heavy (non-hydrogen) atoms. The third-order valence-corrected chi connectivity index (χ3v) is 9.90. The molecule has 6 N–H and O–H groups in total. The van der Waals surface area contributed by atoms with E-state index in [1.54, 1.807) is 12.1 Å². The number of hydrogen-bond donors (Lipinski definition) is 6. The summed E-state index contributed by atoms with van der Waals surface area (Å²) in [5.74, 6) is -3.98. The number of carbonyl (C=O) groups is 4. The first kappa shape index (κ1) is 40.4. The lowest BCUT2D eigenvalue weighted by atomic mass is 10.1. The summed E-state index contributed by atoms with van der Waals surface area (Å²) in [6.07, 6.45) is -1.54. The molecule has 6 rings (SSSR count). The van der Waals surface area contributed by atoms with Gasteiger partial charge in [0.05, 0.1) is 18.8 Å². The van der Waals surface area contributed by atoms with E-state index in [9.17, 15) is 37.5 Å². The van der Waals surface area contributed by atoms with Gasteiger partial charge in [0.25, 0.3) is 5.91 Å². The van der Waals surface area contributed by atoms with Crippen molar-refractivity contribution in [1.29, 1.82) is 0 Å². The molecule has 1 aromatic heterocycles. The maximum atomic E-state index is 13.0. The van der Waals surface area contributed by atoms with Crippen LogP contribution in [0.1, 0.15) is 48.0 Å². The number of aromatic nitrogens is 3. The minimum Gasteiger partial charge on any atom is -0.480 e. The number of halogens is 4. The number of alkyl halides is 3. The minimum atomic E-state index is -4.64. The summed E-state index contributed by atoms with van der Waals surface area (Å²) in [4.78, 5) is 64.3. The molecule has 0 unspecified atom stereocenters. The van der Waals surface area contributed by atoms with Crippen molar-refractivity contribution in [2.24, 2.45) is 5.41 Å². The molecule has 3 aromatic rings. The number of benzene rings is 2. The largest absolute Gasteiger partial charge is 0.480 e. The van der Waals surface area contributed by atoms with Gasteiger partial charge in [0.15, 0.2) is 6.61 Å². The van der Waals surface area contributed by atoms with Crippen LogP contribution in [0.4, 0.5) is 30.8 Å². The lowest BCUT2D eigenvalue weighted by Gasteiger charge is -2.30. The smallest absolute Gasteiger partial charge is 0.422 e. The first-order valence-electron chi connectivity index (χ1n) is 18.0. The number of carboxylic acids is 1. The summed E-state index contributed by atoms with van der Waals surface area (Å²) in [5.41, 5.74) is 0.685. The van der Waals surface area contributed by atoms with Crippen LogP contribution in [0.15, 0.2) is 48.5 Å². The van der Waals surface area contributed by atoms with Gasteiger partial charge in [-0.05, 0) is 74.1 Å². The maximum Gasteiger partial charge on any atom is 0.422 e. The van der Waals surface area contributed by atoms with Gasteiger partial charge in [0, 0.05) is 54.4 Å². The zero-order valence-corrected chi connectivity index (χ0v) is 30.8. The van der Waals surface area contributed by atoms with Crippen molar-refractivity contribution >= 4 is 52.9 Å². The quantitative estimate of drug-likeness (QED) is 0.109. The van der Waals surface area contributed by atoms with E-state index in [4.69, 9.17) is 21.1 Å². The van der Waals surface area contributed by atoms with Crippen LogP contribution < -0.4 is 31.3 Å². The Morgan fingerprint density at radius 1 is 0.911 bits per heavy atom. The van der Waals surface area contributed by atoms with Crippen LogP contribution in [-0.4, -0.2) is 113 Å². The second kappa shape index (κ2) is 17.3. The van der Waals surface area contributed by atoms with Crippen LogP contribution in [-0.2, 0) is 24.7 Å². The van der Waals surface area contributed by atoms with E-state index < -0.39 is 54.1 Å². The number of amides is 3. The van der Waals surface area contributed by atoms with Gasteiger partial charge < -0.3 is 41.2 Å². The average Bonchev–Trinajstić information content (AvgIpc) is 4.11. The van der Waals surface area contributed by atoms with Crippen LogP contribution in [0, 0.1) is 5.41 Å². The van der Waals surface area contributed by atoms with Gasteiger partial charge in [-0.1, -0.05) is 23.7 Å². The second-order valence-electron chi connectivity index (χ2n) is 14.1. The first-order chi connectivity index (χ1) is 26.7. The van der Waals surface area contributed by atoms with Crippen LogP contribution in [0.5, 0.6) is 6.01 Å². The number of ether oxygens (including phenoxy) is 2. The van der Waals surface area contributed by atoms with Gasteiger partial charge in [0.1, 0.15) is 6.04 Å². The molecule has 20 heteroatoms. The molecule has 1 saturated heterocycles. The molecule has 0 spiro atoms. The maximum absolute atomic E-state index is 13.0. The van der Waals surface area contributed by atoms with Crippen molar-refractivity contribution in [1.82, 2.24) is 35.8 Å². The molecule has 0 bridgehead atoms. The van der Waals surface area contributed by atoms with E-state index >= 15 is 0 Å². The fourth-order valence-electron chi connectivity index (χ4n) is 6.17. The number of anilines is 3. The molecular weight excluding hydrogens is 763 g/mol. The number of rotatable bonds is 17. The molecule has 2 aliphatic carbocycles. The number of morpholine rings is 1. The van der Waals surface area contributed by atoms with Crippen molar-refractivity contribution < 1.29 is 46.9 Å². The van der Waals surface area contributed by atoms with Crippen molar-refractivity contribution in [3.63, 3.8) is 0 Å². The van der Waals surface area contributed by atoms with Gasteiger partial charge in [-0.25, -0.2) is 4.79 Å². The van der Waals surface area contributed by atoms with Gasteiger partial charge >= 0.3 is 30.0 Å². The van der Waals surface area contributed by atoms with E-state index in [-0.39, 0.29) is 35.8 Å². The van der Waals surface area contributed by atoms with Crippen molar-refractivity contribution in [2.75, 3.05) is 63.2 Å². The Morgan fingerprint density at radius 3 is 2.20 bits per heavy atom. The third kappa shape index (κ3) is 11.4. The molecule has 2 saturated carbocycles. The first-order valence-corrected chi connectivity index (χ1v) is 18.3. The lowest BCUT2D eigenvalue weighted by Crippen LogP contribution is -2.47. The zero-order valence-electron chi connectivity index (χ0n) is 30.1.